The number of aromatic nitrogens is 2. The van der Waals surface area contributed by atoms with Crippen LogP contribution in [0.25, 0.3) is 6.08 Å². The second-order valence-corrected chi connectivity index (χ2v) is 5.05. The molecular weight excluding hydrogens is 236 g/mol. The van der Waals surface area contributed by atoms with Gasteiger partial charge in [-0.3, -0.25) is 4.79 Å². The number of amides is 1. The van der Waals surface area contributed by atoms with Crippen molar-refractivity contribution in [1.82, 2.24) is 19.4 Å². The maximum atomic E-state index is 12.2. The summed E-state index contributed by atoms with van der Waals surface area (Å²) in [5.41, 5.74) is 0.481. The van der Waals surface area contributed by atoms with Gasteiger partial charge in [-0.25, -0.2) is 0 Å². The molecule has 2 heterocycles. The molecule has 1 fully saturated rings. The molecule has 6 heteroatoms. The van der Waals surface area contributed by atoms with Gasteiger partial charge in [-0.15, -0.1) is 5.10 Å². The Bertz CT molecular complexity index is 421. The molecule has 1 aliphatic rings. The van der Waals surface area contributed by atoms with Crippen molar-refractivity contribution in [1.29, 1.82) is 0 Å². The van der Waals surface area contributed by atoms with Gasteiger partial charge < -0.3 is 9.80 Å². The largest absolute Gasteiger partial charge is 0.383 e. The van der Waals surface area contributed by atoms with E-state index in [1.807, 2.05) is 36.2 Å². The Balaban J connectivity index is 2.15. The van der Waals surface area contributed by atoms with Gasteiger partial charge in [-0.05, 0) is 30.5 Å². The van der Waals surface area contributed by atoms with E-state index in [0.29, 0.717) is 5.69 Å². The van der Waals surface area contributed by atoms with Gasteiger partial charge in [0.2, 0.25) is 0 Å². The Hall–Kier alpha value is -1.43. The summed E-state index contributed by atoms with van der Waals surface area (Å²) in [6, 6.07) is 0. The minimum atomic E-state index is 0.00894. The van der Waals surface area contributed by atoms with Crippen LogP contribution in [-0.2, 0) is 0 Å². The van der Waals surface area contributed by atoms with Crippen molar-refractivity contribution in [3.63, 3.8) is 0 Å². The van der Waals surface area contributed by atoms with Crippen LogP contribution in [0.4, 0.5) is 0 Å². The second-order valence-electron chi connectivity index (χ2n) is 4.26. The highest BCUT2D eigenvalue weighted by Crippen LogP contribution is 2.18. The van der Waals surface area contributed by atoms with Crippen LogP contribution in [0.1, 0.15) is 28.2 Å². The van der Waals surface area contributed by atoms with Crippen LogP contribution in [-0.4, -0.2) is 52.5 Å². The van der Waals surface area contributed by atoms with E-state index in [0.717, 1.165) is 30.8 Å². The lowest BCUT2D eigenvalue weighted by atomic mass is 10.3. The van der Waals surface area contributed by atoms with Crippen molar-refractivity contribution in [2.75, 3.05) is 27.2 Å². The molecule has 0 atom stereocenters. The van der Waals surface area contributed by atoms with Gasteiger partial charge in [-0.2, -0.15) is 0 Å². The third-order valence-electron chi connectivity index (χ3n) is 2.63. The van der Waals surface area contributed by atoms with Gasteiger partial charge in [-0.1, -0.05) is 4.49 Å². The zero-order valence-corrected chi connectivity index (χ0v) is 10.9. The van der Waals surface area contributed by atoms with Crippen molar-refractivity contribution in [3.05, 3.63) is 16.8 Å². The standard InChI is InChI=1S/C11H16N4OS/c1-14(2)8-5-9-10(12-13-17-9)11(16)15-6-3-4-7-15/h5,8H,3-4,6-7H2,1-2H3/b8-5+. The average molecular weight is 252 g/mol. The number of carbonyl (C=O) groups is 1. The van der Waals surface area contributed by atoms with E-state index in [1.165, 1.54) is 11.5 Å². The second kappa shape index (κ2) is 5.27. The predicted molar refractivity (Wildman–Crippen MR) is 67.8 cm³/mol. The van der Waals surface area contributed by atoms with Crippen LogP contribution in [0, 0.1) is 0 Å². The van der Waals surface area contributed by atoms with Gasteiger partial charge >= 0.3 is 0 Å². The lowest BCUT2D eigenvalue weighted by molar-refractivity contribution is 0.0787. The van der Waals surface area contributed by atoms with Crippen molar-refractivity contribution in [3.8, 4) is 0 Å². The first-order chi connectivity index (χ1) is 8.18. The zero-order valence-electron chi connectivity index (χ0n) is 10.1. The highest BCUT2D eigenvalue weighted by molar-refractivity contribution is 7.06. The van der Waals surface area contributed by atoms with Gasteiger partial charge in [0.05, 0.1) is 4.88 Å². The fourth-order valence-corrected chi connectivity index (χ4v) is 2.29. The molecule has 0 N–H and O–H groups in total. The van der Waals surface area contributed by atoms with Crippen LogP contribution in [0.5, 0.6) is 0 Å². The van der Waals surface area contributed by atoms with Crippen LogP contribution in [0.3, 0.4) is 0 Å². The summed E-state index contributed by atoms with van der Waals surface area (Å²) in [5.74, 6) is 0.00894. The summed E-state index contributed by atoms with van der Waals surface area (Å²) in [6.45, 7) is 1.68. The molecule has 1 saturated heterocycles. The fraction of sp³-hybridized carbons (Fsp3) is 0.545. The lowest BCUT2D eigenvalue weighted by Gasteiger charge is -2.13. The van der Waals surface area contributed by atoms with E-state index in [9.17, 15) is 4.79 Å². The molecule has 1 amide bonds. The quantitative estimate of drug-likeness (QED) is 0.814. The minimum absolute atomic E-state index is 0.00894. The number of hydrogen-bond acceptors (Lipinski definition) is 5. The summed E-state index contributed by atoms with van der Waals surface area (Å²) in [7, 11) is 3.87. The van der Waals surface area contributed by atoms with Crippen LogP contribution in [0.2, 0.25) is 0 Å². The normalized spacial score (nSPS) is 15.8. The Kier molecular flexibility index (Phi) is 3.73. The van der Waals surface area contributed by atoms with Gasteiger partial charge in [0.15, 0.2) is 5.69 Å². The van der Waals surface area contributed by atoms with Crippen LogP contribution >= 0.6 is 11.5 Å². The number of hydrogen-bond donors (Lipinski definition) is 0. The monoisotopic (exact) mass is 252 g/mol. The molecule has 1 aliphatic heterocycles. The molecule has 1 aromatic heterocycles. The van der Waals surface area contributed by atoms with E-state index in [2.05, 4.69) is 9.59 Å². The smallest absolute Gasteiger partial charge is 0.275 e. The number of nitrogens with zero attached hydrogens (tertiary/aromatic N) is 4. The molecule has 0 aliphatic carbocycles. The molecule has 0 spiro atoms. The average Bonchev–Trinajstić information content (AvgIpc) is 2.96. The molecule has 0 radical (unpaired) electrons. The van der Waals surface area contributed by atoms with E-state index < -0.39 is 0 Å². The maximum absolute atomic E-state index is 12.2. The van der Waals surface area contributed by atoms with Crippen molar-refractivity contribution in [2.45, 2.75) is 12.8 Å². The highest BCUT2D eigenvalue weighted by Gasteiger charge is 2.23. The molecule has 0 bridgehead atoms. The Morgan fingerprint density at radius 1 is 1.41 bits per heavy atom. The first kappa shape index (κ1) is 12.0. The van der Waals surface area contributed by atoms with Crippen molar-refractivity contribution < 1.29 is 4.79 Å². The van der Waals surface area contributed by atoms with Crippen molar-refractivity contribution in [2.24, 2.45) is 0 Å². The maximum Gasteiger partial charge on any atom is 0.275 e. The zero-order chi connectivity index (χ0) is 12.3. The SMILES string of the molecule is CN(C)/C=C/c1snnc1C(=O)N1CCCC1. The third kappa shape index (κ3) is 2.82. The fourth-order valence-electron chi connectivity index (χ4n) is 1.74. The Morgan fingerprint density at radius 2 is 2.12 bits per heavy atom. The minimum Gasteiger partial charge on any atom is -0.383 e. The van der Waals surface area contributed by atoms with E-state index in [-0.39, 0.29) is 5.91 Å². The summed E-state index contributed by atoms with van der Waals surface area (Å²) in [4.78, 5) is 16.8. The summed E-state index contributed by atoms with van der Waals surface area (Å²) in [6.07, 6.45) is 5.96. The molecule has 0 unspecified atom stereocenters. The first-order valence-corrected chi connectivity index (χ1v) is 6.42. The summed E-state index contributed by atoms with van der Waals surface area (Å²) >= 11 is 1.26. The van der Waals surface area contributed by atoms with Gasteiger partial charge in [0.25, 0.3) is 5.91 Å². The molecular formula is C11H16N4OS. The molecule has 0 aromatic carbocycles. The van der Waals surface area contributed by atoms with Crippen molar-refractivity contribution >= 4 is 23.5 Å². The van der Waals surface area contributed by atoms with E-state index in [1.54, 1.807) is 0 Å². The van der Waals surface area contributed by atoms with Gasteiger partial charge in [0.1, 0.15) is 0 Å². The van der Waals surface area contributed by atoms with E-state index in [4.69, 9.17) is 0 Å². The lowest BCUT2D eigenvalue weighted by Crippen LogP contribution is -2.28. The molecule has 1 aromatic rings. The number of likely N-dealkylation sites (tertiary alicyclic amines) is 1. The third-order valence-corrected chi connectivity index (χ3v) is 3.32. The molecule has 5 nitrogen and oxygen atoms in total. The Morgan fingerprint density at radius 3 is 2.76 bits per heavy atom. The molecule has 2 rings (SSSR count). The molecule has 17 heavy (non-hydrogen) atoms. The number of carbonyl (C=O) groups excluding carboxylic acids is 1. The Labute approximate surface area is 105 Å². The first-order valence-electron chi connectivity index (χ1n) is 5.65. The van der Waals surface area contributed by atoms with Crippen LogP contribution < -0.4 is 0 Å². The number of rotatable bonds is 3. The van der Waals surface area contributed by atoms with Crippen LogP contribution in [0.15, 0.2) is 6.20 Å². The molecule has 0 saturated carbocycles. The highest BCUT2D eigenvalue weighted by atomic mass is 32.1. The predicted octanol–water partition coefficient (Wildman–Crippen LogP) is 1.31. The topological polar surface area (TPSA) is 49.3 Å². The van der Waals surface area contributed by atoms with Gasteiger partial charge in [0, 0.05) is 33.4 Å². The van der Waals surface area contributed by atoms with E-state index >= 15 is 0 Å². The molecule has 92 valence electrons. The summed E-state index contributed by atoms with van der Waals surface area (Å²) in [5, 5.41) is 3.95. The summed E-state index contributed by atoms with van der Waals surface area (Å²) < 4.78 is 3.87.